The molecule has 0 aromatic heterocycles. The van der Waals surface area contributed by atoms with E-state index < -0.39 is 0 Å². The Bertz CT molecular complexity index is 380. The molecule has 1 aliphatic rings. The molecule has 0 saturated carbocycles. The molecular formula is C16H22. The molecule has 0 heterocycles. The molecule has 1 aliphatic carbocycles. The van der Waals surface area contributed by atoms with Crippen LogP contribution in [0.25, 0.3) is 0 Å². The fourth-order valence-corrected chi connectivity index (χ4v) is 1.81. The van der Waals surface area contributed by atoms with Crippen molar-refractivity contribution in [3.63, 3.8) is 0 Å². The van der Waals surface area contributed by atoms with Crippen molar-refractivity contribution < 1.29 is 0 Å². The Morgan fingerprint density at radius 1 is 1.00 bits per heavy atom. The first-order chi connectivity index (χ1) is 7.61. The van der Waals surface area contributed by atoms with Crippen LogP contribution in [-0.2, 0) is 0 Å². The average molecular weight is 214 g/mol. The van der Waals surface area contributed by atoms with E-state index in [1.54, 1.807) is 0 Å². The number of allylic oxidation sites excluding steroid dienone is 10. The van der Waals surface area contributed by atoms with E-state index in [9.17, 15) is 0 Å². The van der Waals surface area contributed by atoms with Gasteiger partial charge in [0.05, 0.1) is 0 Å². The summed E-state index contributed by atoms with van der Waals surface area (Å²) in [5, 5.41) is 0. The monoisotopic (exact) mass is 214 g/mol. The Morgan fingerprint density at radius 2 is 1.62 bits per heavy atom. The quantitative estimate of drug-likeness (QED) is 0.572. The van der Waals surface area contributed by atoms with Gasteiger partial charge in [-0.3, -0.25) is 0 Å². The fraction of sp³-hybridized carbons (Fsp3) is 0.375. The van der Waals surface area contributed by atoms with Gasteiger partial charge in [0.15, 0.2) is 0 Å². The van der Waals surface area contributed by atoms with E-state index in [1.807, 2.05) is 0 Å². The van der Waals surface area contributed by atoms with Gasteiger partial charge < -0.3 is 0 Å². The minimum Gasteiger partial charge on any atom is -0.0807 e. The molecule has 0 N–H and O–H groups in total. The molecule has 0 unspecified atom stereocenters. The Balaban J connectivity index is 2.71. The number of hydrogen-bond acceptors (Lipinski definition) is 0. The first-order valence-electron chi connectivity index (χ1n) is 5.97. The van der Waals surface area contributed by atoms with E-state index in [0.717, 1.165) is 0 Å². The molecule has 0 aromatic carbocycles. The van der Waals surface area contributed by atoms with Gasteiger partial charge in [-0.25, -0.2) is 0 Å². The van der Waals surface area contributed by atoms with Gasteiger partial charge in [0.25, 0.3) is 0 Å². The van der Waals surface area contributed by atoms with Gasteiger partial charge in [0.2, 0.25) is 0 Å². The van der Waals surface area contributed by atoms with E-state index >= 15 is 0 Å². The summed E-state index contributed by atoms with van der Waals surface area (Å²) in [6, 6.07) is 0. The summed E-state index contributed by atoms with van der Waals surface area (Å²) in [7, 11) is 0. The first kappa shape index (κ1) is 12.8. The van der Waals surface area contributed by atoms with Crippen LogP contribution in [0.4, 0.5) is 0 Å². The molecule has 0 spiro atoms. The van der Waals surface area contributed by atoms with Gasteiger partial charge in [-0.1, -0.05) is 42.0 Å². The van der Waals surface area contributed by atoms with E-state index in [1.165, 1.54) is 35.1 Å². The van der Waals surface area contributed by atoms with Crippen LogP contribution in [0.5, 0.6) is 0 Å². The van der Waals surface area contributed by atoms with Crippen molar-refractivity contribution in [1.29, 1.82) is 0 Å². The van der Waals surface area contributed by atoms with Crippen molar-refractivity contribution in [2.45, 2.75) is 40.5 Å². The molecule has 0 heteroatoms. The predicted molar refractivity (Wildman–Crippen MR) is 73.4 cm³/mol. The Morgan fingerprint density at radius 3 is 2.25 bits per heavy atom. The zero-order valence-corrected chi connectivity index (χ0v) is 10.9. The third-order valence-electron chi connectivity index (χ3n) is 2.70. The molecule has 16 heavy (non-hydrogen) atoms. The zero-order chi connectivity index (χ0) is 12.0. The van der Waals surface area contributed by atoms with Crippen molar-refractivity contribution in [3.05, 3.63) is 58.7 Å². The highest BCUT2D eigenvalue weighted by Crippen LogP contribution is 2.24. The molecule has 0 atom stereocenters. The lowest BCUT2D eigenvalue weighted by Gasteiger charge is -2.12. The Kier molecular flexibility index (Phi) is 5.04. The summed E-state index contributed by atoms with van der Waals surface area (Å²) in [4.78, 5) is 0. The second kappa shape index (κ2) is 6.32. The van der Waals surface area contributed by atoms with Gasteiger partial charge in [-0.15, -0.1) is 0 Å². The number of hydrogen-bond donors (Lipinski definition) is 0. The highest BCUT2D eigenvalue weighted by Gasteiger charge is 2.04. The topological polar surface area (TPSA) is 0 Å². The molecular weight excluding hydrogens is 192 g/mol. The van der Waals surface area contributed by atoms with Crippen LogP contribution in [-0.4, -0.2) is 0 Å². The third-order valence-corrected chi connectivity index (χ3v) is 2.70. The minimum atomic E-state index is 1.18. The van der Waals surface area contributed by atoms with Gasteiger partial charge in [-0.2, -0.15) is 0 Å². The van der Waals surface area contributed by atoms with Gasteiger partial charge in [0.1, 0.15) is 0 Å². The minimum absolute atomic E-state index is 1.18. The maximum atomic E-state index is 2.34. The van der Waals surface area contributed by atoms with Crippen molar-refractivity contribution in [2.75, 3.05) is 0 Å². The van der Waals surface area contributed by atoms with Crippen molar-refractivity contribution in [1.82, 2.24) is 0 Å². The molecule has 0 bridgehead atoms. The second-order valence-corrected chi connectivity index (χ2v) is 4.56. The molecule has 0 aliphatic heterocycles. The third kappa shape index (κ3) is 4.06. The molecule has 0 saturated heterocycles. The summed E-state index contributed by atoms with van der Waals surface area (Å²) < 4.78 is 0. The summed E-state index contributed by atoms with van der Waals surface area (Å²) in [5.74, 6) is 0. The molecule has 0 radical (unpaired) electrons. The number of rotatable bonds is 3. The van der Waals surface area contributed by atoms with Gasteiger partial charge >= 0.3 is 0 Å². The van der Waals surface area contributed by atoms with Crippen LogP contribution >= 0.6 is 0 Å². The maximum Gasteiger partial charge on any atom is -0.0241 e. The molecule has 86 valence electrons. The van der Waals surface area contributed by atoms with Crippen LogP contribution in [0.2, 0.25) is 0 Å². The van der Waals surface area contributed by atoms with Crippen molar-refractivity contribution >= 4 is 0 Å². The van der Waals surface area contributed by atoms with Crippen LogP contribution in [0, 0.1) is 0 Å². The highest BCUT2D eigenvalue weighted by molar-refractivity contribution is 5.47. The van der Waals surface area contributed by atoms with Crippen molar-refractivity contribution in [3.8, 4) is 0 Å². The average Bonchev–Trinajstić information content (AvgIpc) is 2.24. The molecule has 0 fully saturated rings. The van der Waals surface area contributed by atoms with Gasteiger partial charge in [0, 0.05) is 0 Å². The molecule has 0 nitrogen and oxygen atoms in total. The summed E-state index contributed by atoms with van der Waals surface area (Å²) in [6.45, 7) is 8.60. The van der Waals surface area contributed by atoms with E-state index in [4.69, 9.17) is 0 Å². The normalized spacial score (nSPS) is 17.1. The predicted octanol–water partition coefficient (Wildman–Crippen LogP) is 5.12. The fourth-order valence-electron chi connectivity index (χ4n) is 1.81. The lowest BCUT2D eigenvalue weighted by molar-refractivity contribution is 0.992. The highest BCUT2D eigenvalue weighted by atomic mass is 14.1. The standard InChI is InChI=1S/C16H22/c1-13(2)9-5-6-10-14(3)16-12-8-7-11-15(16)4/h5-6,9-12H,7-8H2,1-4H3/b6-5-,14-10+. The van der Waals surface area contributed by atoms with Crippen molar-refractivity contribution in [2.24, 2.45) is 0 Å². The molecule has 1 rings (SSSR count). The zero-order valence-electron chi connectivity index (χ0n) is 10.9. The Labute approximate surface area is 99.8 Å². The largest absolute Gasteiger partial charge is 0.0807 e. The summed E-state index contributed by atoms with van der Waals surface area (Å²) >= 11 is 0. The lowest BCUT2D eigenvalue weighted by atomic mass is 9.93. The first-order valence-corrected chi connectivity index (χ1v) is 5.97. The van der Waals surface area contributed by atoms with Gasteiger partial charge in [-0.05, 0) is 57.3 Å². The lowest BCUT2D eigenvalue weighted by Crippen LogP contribution is -1.93. The smallest absolute Gasteiger partial charge is 0.0241 e. The van der Waals surface area contributed by atoms with Crippen LogP contribution in [0.1, 0.15) is 40.5 Å². The second-order valence-electron chi connectivity index (χ2n) is 4.56. The SMILES string of the molecule is CC(C)=C/C=C\C=C(/C)C1=CCCC=C1C. The van der Waals surface area contributed by atoms with E-state index in [0.29, 0.717) is 0 Å². The van der Waals surface area contributed by atoms with E-state index in [2.05, 4.69) is 64.2 Å². The summed E-state index contributed by atoms with van der Waals surface area (Å²) in [6.07, 6.45) is 15.6. The van der Waals surface area contributed by atoms with Crippen LogP contribution in [0.3, 0.4) is 0 Å². The summed E-state index contributed by atoms with van der Waals surface area (Å²) in [5.41, 5.74) is 5.51. The maximum absolute atomic E-state index is 2.34. The Hall–Kier alpha value is -1.30. The molecule has 0 aromatic rings. The van der Waals surface area contributed by atoms with Crippen LogP contribution < -0.4 is 0 Å². The van der Waals surface area contributed by atoms with E-state index in [-0.39, 0.29) is 0 Å². The van der Waals surface area contributed by atoms with Crippen LogP contribution in [0.15, 0.2) is 58.7 Å². The molecule has 0 amide bonds.